The lowest BCUT2D eigenvalue weighted by Crippen LogP contribution is -1.97. The van der Waals surface area contributed by atoms with E-state index >= 15 is 0 Å². The van der Waals surface area contributed by atoms with E-state index in [9.17, 15) is 0 Å². The van der Waals surface area contributed by atoms with Gasteiger partial charge in [-0.3, -0.25) is 0 Å². The molecule has 2 heterocycles. The average Bonchev–Trinajstić information content (AvgIpc) is 3.30. The fourth-order valence-electron chi connectivity index (χ4n) is 3.71. The van der Waals surface area contributed by atoms with Gasteiger partial charge in [-0.05, 0) is 28.8 Å². The van der Waals surface area contributed by atoms with E-state index in [1.807, 2.05) is 24.3 Å². The first-order valence-electron chi connectivity index (χ1n) is 10.1. The van der Waals surface area contributed by atoms with Gasteiger partial charge in [-0.15, -0.1) is 11.3 Å². The minimum atomic E-state index is 0.657. The maximum absolute atomic E-state index is 5.43. The number of rotatable bonds is 6. The van der Waals surface area contributed by atoms with Gasteiger partial charge >= 0.3 is 0 Å². The highest BCUT2D eigenvalue weighted by atomic mass is 32.1. The Hall–Kier alpha value is -3.90. The van der Waals surface area contributed by atoms with Crippen molar-refractivity contribution in [3.05, 3.63) is 84.5 Å². The minimum absolute atomic E-state index is 0.657. The quantitative estimate of drug-likeness (QED) is 0.316. The highest BCUT2D eigenvalue weighted by molar-refractivity contribution is 7.17. The molecule has 0 spiro atoms. The highest BCUT2D eigenvalue weighted by Crippen LogP contribution is 2.39. The zero-order chi connectivity index (χ0) is 21.9. The third-order valence-corrected chi connectivity index (χ3v) is 6.21. The summed E-state index contributed by atoms with van der Waals surface area (Å²) in [6.07, 6.45) is 1.59. The van der Waals surface area contributed by atoms with Crippen LogP contribution in [0.1, 0.15) is 0 Å². The molecule has 0 bridgehead atoms. The number of hydrogen-bond donors (Lipinski definition) is 1. The molecule has 0 radical (unpaired) electrons. The van der Waals surface area contributed by atoms with Crippen molar-refractivity contribution >= 4 is 33.1 Å². The van der Waals surface area contributed by atoms with Crippen molar-refractivity contribution in [2.75, 3.05) is 19.5 Å². The van der Waals surface area contributed by atoms with Crippen molar-refractivity contribution in [1.82, 2.24) is 9.97 Å². The van der Waals surface area contributed by atoms with Crippen molar-refractivity contribution in [3.8, 4) is 33.8 Å². The second kappa shape index (κ2) is 8.69. The summed E-state index contributed by atoms with van der Waals surface area (Å²) in [5, 5.41) is 6.56. The fraction of sp³-hybridized carbons (Fsp3) is 0.0769. The van der Waals surface area contributed by atoms with Gasteiger partial charge in [0.1, 0.15) is 17.0 Å². The molecule has 0 unspecified atom stereocenters. The van der Waals surface area contributed by atoms with Gasteiger partial charge in [0.15, 0.2) is 11.5 Å². The monoisotopic (exact) mass is 439 g/mol. The van der Waals surface area contributed by atoms with Crippen molar-refractivity contribution in [2.45, 2.75) is 0 Å². The first-order valence-corrected chi connectivity index (χ1v) is 11.0. The van der Waals surface area contributed by atoms with Crippen LogP contribution < -0.4 is 14.8 Å². The Kier molecular flexibility index (Phi) is 5.44. The van der Waals surface area contributed by atoms with Crippen LogP contribution in [-0.4, -0.2) is 24.2 Å². The van der Waals surface area contributed by atoms with Gasteiger partial charge in [0.2, 0.25) is 0 Å². The second-order valence-electron chi connectivity index (χ2n) is 7.19. The Labute approximate surface area is 190 Å². The Morgan fingerprint density at radius 1 is 0.750 bits per heavy atom. The van der Waals surface area contributed by atoms with Crippen LogP contribution >= 0.6 is 11.3 Å². The van der Waals surface area contributed by atoms with E-state index in [0.717, 1.165) is 32.8 Å². The third kappa shape index (κ3) is 3.76. The zero-order valence-electron chi connectivity index (χ0n) is 17.7. The Morgan fingerprint density at radius 2 is 1.47 bits per heavy atom. The van der Waals surface area contributed by atoms with Crippen molar-refractivity contribution in [2.24, 2.45) is 0 Å². The molecule has 158 valence electrons. The molecule has 3 aromatic carbocycles. The average molecular weight is 440 g/mol. The number of ether oxygens (including phenoxy) is 2. The van der Waals surface area contributed by atoms with E-state index in [4.69, 9.17) is 9.47 Å². The molecule has 0 saturated heterocycles. The number of nitrogens with one attached hydrogen (secondary N) is 1. The number of aromatic nitrogens is 2. The highest BCUT2D eigenvalue weighted by Gasteiger charge is 2.14. The molecule has 0 aliphatic carbocycles. The summed E-state index contributed by atoms with van der Waals surface area (Å²) in [6.45, 7) is 0. The lowest BCUT2D eigenvalue weighted by atomic mass is 10.0. The molecule has 2 aromatic heterocycles. The van der Waals surface area contributed by atoms with Crippen LogP contribution in [0.3, 0.4) is 0 Å². The van der Waals surface area contributed by atoms with Crippen molar-refractivity contribution < 1.29 is 9.47 Å². The number of methoxy groups -OCH3 is 2. The molecule has 5 aromatic rings. The summed E-state index contributed by atoms with van der Waals surface area (Å²) in [5.41, 5.74) is 5.48. The lowest BCUT2D eigenvalue weighted by Gasteiger charge is -2.12. The lowest BCUT2D eigenvalue weighted by molar-refractivity contribution is 0.355. The smallest absolute Gasteiger partial charge is 0.162 e. The summed E-state index contributed by atoms with van der Waals surface area (Å²) in [4.78, 5) is 9.95. The number of nitrogens with zero attached hydrogens (tertiary/aromatic N) is 2. The molecule has 0 fully saturated rings. The molecule has 5 rings (SSSR count). The largest absolute Gasteiger partial charge is 0.493 e. The maximum Gasteiger partial charge on any atom is 0.162 e. The van der Waals surface area contributed by atoms with Gasteiger partial charge in [0, 0.05) is 22.7 Å². The second-order valence-corrected chi connectivity index (χ2v) is 8.05. The van der Waals surface area contributed by atoms with Crippen LogP contribution in [0.4, 0.5) is 11.5 Å². The number of benzene rings is 3. The van der Waals surface area contributed by atoms with Crippen molar-refractivity contribution in [1.29, 1.82) is 0 Å². The molecular weight excluding hydrogens is 418 g/mol. The topological polar surface area (TPSA) is 56.3 Å². The van der Waals surface area contributed by atoms with Gasteiger partial charge in [-0.2, -0.15) is 0 Å². The number of fused-ring (bicyclic) bond motifs is 1. The standard InChI is InChI=1S/C26H21N3O2S/c1-30-22-13-12-20(14-23(22)31-2)29-25-24-21(15-32-26(24)28-16-27-25)19-10-8-18(9-11-19)17-6-4-3-5-7-17/h3-16H,1-2H3,(H,27,28,29). The van der Waals surface area contributed by atoms with Crippen LogP contribution in [0.15, 0.2) is 84.5 Å². The predicted octanol–water partition coefficient (Wildman–Crippen LogP) is 6.79. The molecule has 32 heavy (non-hydrogen) atoms. The number of hydrogen-bond acceptors (Lipinski definition) is 6. The molecule has 0 aliphatic rings. The SMILES string of the molecule is COc1ccc(Nc2ncnc3scc(-c4ccc(-c5ccccc5)cc4)c23)cc1OC. The first kappa shape index (κ1) is 20.0. The van der Waals surface area contributed by atoms with Crippen LogP contribution in [0.2, 0.25) is 0 Å². The summed E-state index contributed by atoms with van der Waals surface area (Å²) >= 11 is 1.61. The minimum Gasteiger partial charge on any atom is -0.493 e. The van der Waals surface area contributed by atoms with Gasteiger partial charge < -0.3 is 14.8 Å². The molecule has 5 nitrogen and oxygen atoms in total. The molecule has 0 aliphatic heterocycles. The van der Waals surface area contributed by atoms with Crippen LogP contribution in [-0.2, 0) is 0 Å². The molecule has 0 amide bonds. The van der Waals surface area contributed by atoms with Gasteiger partial charge in [-0.25, -0.2) is 9.97 Å². The molecular formula is C26H21N3O2S. The van der Waals surface area contributed by atoms with E-state index in [2.05, 4.69) is 69.2 Å². The summed E-state index contributed by atoms with van der Waals surface area (Å²) < 4.78 is 10.8. The zero-order valence-corrected chi connectivity index (χ0v) is 18.5. The maximum atomic E-state index is 5.43. The Morgan fingerprint density at radius 3 is 2.22 bits per heavy atom. The van der Waals surface area contributed by atoms with Crippen molar-refractivity contribution in [3.63, 3.8) is 0 Å². The summed E-state index contributed by atoms with van der Waals surface area (Å²) in [6, 6.07) is 24.7. The van der Waals surface area contributed by atoms with E-state index < -0.39 is 0 Å². The van der Waals surface area contributed by atoms with Crippen LogP contribution in [0.25, 0.3) is 32.5 Å². The summed E-state index contributed by atoms with van der Waals surface area (Å²) in [5.74, 6) is 2.09. The third-order valence-electron chi connectivity index (χ3n) is 5.32. The summed E-state index contributed by atoms with van der Waals surface area (Å²) in [7, 11) is 3.25. The van der Waals surface area contributed by atoms with Crippen LogP contribution in [0, 0.1) is 0 Å². The number of anilines is 2. The van der Waals surface area contributed by atoms with Gasteiger partial charge in [0.25, 0.3) is 0 Å². The van der Waals surface area contributed by atoms with Gasteiger partial charge in [-0.1, -0.05) is 54.6 Å². The van der Waals surface area contributed by atoms with E-state index in [1.54, 1.807) is 31.9 Å². The number of thiophene rings is 1. The molecule has 1 N–H and O–H groups in total. The normalized spacial score (nSPS) is 10.8. The molecule has 0 atom stereocenters. The predicted molar refractivity (Wildman–Crippen MR) is 131 cm³/mol. The molecule has 0 saturated carbocycles. The van der Waals surface area contributed by atoms with E-state index in [0.29, 0.717) is 11.5 Å². The fourth-order valence-corrected chi connectivity index (χ4v) is 4.62. The van der Waals surface area contributed by atoms with Gasteiger partial charge in [0.05, 0.1) is 19.6 Å². The van der Waals surface area contributed by atoms with E-state index in [-0.39, 0.29) is 0 Å². The molecule has 6 heteroatoms. The Bertz CT molecular complexity index is 1370. The van der Waals surface area contributed by atoms with E-state index in [1.165, 1.54) is 11.1 Å². The Balaban J connectivity index is 1.52. The van der Waals surface area contributed by atoms with Crippen LogP contribution in [0.5, 0.6) is 11.5 Å². The first-order chi connectivity index (χ1) is 15.8.